The number of rotatable bonds is 4. The van der Waals surface area contributed by atoms with E-state index >= 15 is 0 Å². The Hall–Kier alpha value is -0.0900. The molecule has 0 radical (unpaired) electrons. The van der Waals surface area contributed by atoms with Crippen LogP contribution in [0, 0.1) is 0 Å². The number of nitrogens with one attached hydrogen (secondary N) is 1. The van der Waals surface area contributed by atoms with Crippen LogP contribution in [-0.4, -0.2) is 18.2 Å². The molecule has 1 saturated carbocycles. The predicted octanol–water partition coefficient (Wildman–Crippen LogP) is 4.93. The number of hydrogen-bond donors (Lipinski definition) is 1. The monoisotopic (exact) mass is 313 g/mol. The highest BCUT2D eigenvalue weighted by molar-refractivity contribution is 7.16. The molecule has 3 rings (SSSR count). The van der Waals surface area contributed by atoms with Crippen molar-refractivity contribution in [3.63, 3.8) is 0 Å². The highest BCUT2D eigenvalue weighted by Gasteiger charge is 2.40. The predicted molar refractivity (Wildman–Crippen MR) is 85.7 cm³/mol. The standard InChI is InChI=1S/C16H24ClNOS/c1-12(14-5-6-15(17)20-14)18-11-13-7-10-16(19-13)8-3-2-4-9-16/h5-6,12-13,18H,2-4,7-11H2,1H3. The fraction of sp³-hybridized carbons (Fsp3) is 0.750. The molecule has 4 heteroatoms. The molecular weight excluding hydrogens is 290 g/mol. The van der Waals surface area contributed by atoms with Gasteiger partial charge in [-0.2, -0.15) is 0 Å². The second-order valence-electron chi connectivity index (χ2n) is 6.29. The summed E-state index contributed by atoms with van der Waals surface area (Å²) < 4.78 is 7.26. The molecule has 2 nitrogen and oxygen atoms in total. The smallest absolute Gasteiger partial charge is 0.0931 e. The molecule has 1 aromatic heterocycles. The fourth-order valence-corrected chi connectivity index (χ4v) is 4.66. The van der Waals surface area contributed by atoms with E-state index in [4.69, 9.17) is 16.3 Å². The highest BCUT2D eigenvalue weighted by Crippen LogP contribution is 2.41. The van der Waals surface area contributed by atoms with Gasteiger partial charge in [-0.3, -0.25) is 0 Å². The summed E-state index contributed by atoms with van der Waals surface area (Å²) in [4.78, 5) is 1.31. The molecule has 1 spiro atoms. The van der Waals surface area contributed by atoms with Crippen LogP contribution in [0.3, 0.4) is 0 Å². The molecule has 1 aliphatic heterocycles. The lowest BCUT2D eigenvalue weighted by Crippen LogP contribution is -2.35. The largest absolute Gasteiger partial charge is 0.370 e. The zero-order valence-corrected chi connectivity index (χ0v) is 13.7. The molecule has 2 atom stereocenters. The first-order chi connectivity index (χ1) is 9.67. The van der Waals surface area contributed by atoms with Gasteiger partial charge < -0.3 is 10.1 Å². The summed E-state index contributed by atoms with van der Waals surface area (Å²) in [5.41, 5.74) is 0.236. The van der Waals surface area contributed by atoms with Crippen molar-refractivity contribution in [3.05, 3.63) is 21.3 Å². The molecule has 0 amide bonds. The van der Waals surface area contributed by atoms with Crippen LogP contribution in [0.1, 0.15) is 62.8 Å². The lowest BCUT2D eigenvalue weighted by atomic mass is 9.83. The normalized spacial score (nSPS) is 27.0. The average molecular weight is 314 g/mol. The van der Waals surface area contributed by atoms with Gasteiger partial charge in [0.2, 0.25) is 0 Å². The van der Waals surface area contributed by atoms with E-state index in [0.29, 0.717) is 12.1 Å². The van der Waals surface area contributed by atoms with E-state index in [1.165, 1.54) is 49.8 Å². The Morgan fingerprint density at radius 1 is 1.35 bits per heavy atom. The summed E-state index contributed by atoms with van der Waals surface area (Å²) in [6.07, 6.45) is 9.52. The number of hydrogen-bond acceptors (Lipinski definition) is 3. The van der Waals surface area contributed by atoms with Crippen LogP contribution >= 0.6 is 22.9 Å². The summed E-state index contributed by atoms with van der Waals surface area (Å²) in [6, 6.07) is 4.45. The van der Waals surface area contributed by atoms with Crippen LogP contribution in [0.4, 0.5) is 0 Å². The first-order valence-electron chi connectivity index (χ1n) is 7.83. The molecule has 1 aromatic rings. The van der Waals surface area contributed by atoms with Crippen molar-refractivity contribution >= 4 is 22.9 Å². The van der Waals surface area contributed by atoms with Gasteiger partial charge in [-0.05, 0) is 44.7 Å². The molecule has 112 valence electrons. The van der Waals surface area contributed by atoms with Crippen LogP contribution in [-0.2, 0) is 4.74 Å². The van der Waals surface area contributed by atoms with Crippen LogP contribution in [0.15, 0.2) is 12.1 Å². The summed E-state index contributed by atoms with van der Waals surface area (Å²) in [7, 11) is 0. The third-order valence-electron chi connectivity index (χ3n) is 4.78. The SMILES string of the molecule is CC(NCC1CCC2(CCCCC2)O1)c1ccc(Cl)s1. The van der Waals surface area contributed by atoms with Crippen LogP contribution in [0.25, 0.3) is 0 Å². The van der Waals surface area contributed by atoms with E-state index in [2.05, 4.69) is 18.3 Å². The maximum Gasteiger partial charge on any atom is 0.0931 e. The average Bonchev–Trinajstić information content (AvgIpc) is 3.05. The molecule has 0 aromatic carbocycles. The van der Waals surface area contributed by atoms with Gasteiger partial charge in [-0.15, -0.1) is 11.3 Å². The Morgan fingerprint density at radius 3 is 2.85 bits per heavy atom. The zero-order valence-electron chi connectivity index (χ0n) is 12.2. The molecule has 1 N–H and O–H groups in total. The van der Waals surface area contributed by atoms with Gasteiger partial charge in [0, 0.05) is 17.5 Å². The Morgan fingerprint density at radius 2 is 2.15 bits per heavy atom. The second-order valence-corrected chi connectivity index (χ2v) is 8.04. The summed E-state index contributed by atoms with van der Waals surface area (Å²) >= 11 is 7.66. The van der Waals surface area contributed by atoms with Gasteiger partial charge >= 0.3 is 0 Å². The van der Waals surface area contributed by atoms with E-state index in [9.17, 15) is 0 Å². The highest BCUT2D eigenvalue weighted by atomic mass is 35.5. The number of halogens is 1. The Labute approximate surface area is 130 Å². The third-order valence-corrected chi connectivity index (χ3v) is 6.19. The number of thiophene rings is 1. The molecule has 2 heterocycles. The third kappa shape index (κ3) is 3.38. The quantitative estimate of drug-likeness (QED) is 0.850. The minimum atomic E-state index is 0.236. The van der Waals surface area contributed by atoms with Gasteiger partial charge in [0.25, 0.3) is 0 Å². The van der Waals surface area contributed by atoms with Crippen LogP contribution in [0.5, 0.6) is 0 Å². The number of ether oxygens (including phenoxy) is 1. The lowest BCUT2D eigenvalue weighted by molar-refractivity contribution is -0.0628. The van der Waals surface area contributed by atoms with Crippen molar-refractivity contribution in [1.29, 1.82) is 0 Å². The van der Waals surface area contributed by atoms with Gasteiger partial charge in [-0.1, -0.05) is 30.9 Å². The molecule has 0 bridgehead atoms. The van der Waals surface area contributed by atoms with Crippen molar-refractivity contribution in [2.45, 2.75) is 69.6 Å². The van der Waals surface area contributed by atoms with Crippen molar-refractivity contribution < 1.29 is 4.74 Å². The first-order valence-corrected chi connectivity index (χ1v) is 9.03. The van der Waals surface area contributed by atoms with Crippen molar-refractivity contribution in [1.82, 2.24) is 5.32 Å². The summed E-state index contributed by atoms with van der Waals surface area (Å²) in [6.45, 7) is 3.16. The second kappa shape index (κ2) is 6.35. The van der Waals surface area contributed by atoms with Gasteiger partial charge in [0.05, 0.1) is 16.0 Å². The molecule has 2 aliphatic rings. The van der Waals surface area contributed by atoms with Gasteiger partial charge in [0.15, 0.2) is 0 Å². The van der Waals surface area contributed by atoms with E-state index < -0.39 is 0 Å². The molecule has 1 aliphatic carbocycles. The van der Waals surface area contributed by atoms with E-state index in [0.717, 1.165) is 10.9 Å². The van der Waals surface area contributed by atoms with Gasteiger partial charge in [-0.25, -0.2) is 0 Å². The molecule has 20 heavy (non-hydrogen) atoms. The molecule has 2 fully saturated rings. The molecule has 2 unspecified atom stereocenters. The Bertz CT molecular complexity index is 441. The summed E-state index contributed by atoms with van der Waals surface area (Å²) in [5.74, 6) is 0. The summed E-state index contributed by atoms with van der Waals surface area (Å²) in [5, 5.41) is 3.60. The van der Waals surface area contributed by atoms with E-state index in [1.54, 1.807) is 11.3 Å². The topological polar surface area (TPSA) is 21.3 Å². The van der Waals surface area contributed by atoms with E-state index in [-0.39, 0.29) is 5.60 Å². The maximum absolute atomic E-state index is 6.40. The fourth-order valence-electron chi connectivity index (χ4n) is 3.57. The van der Waals surface area contributed by atoms with Crippen LogP contribution < -0.4 is 5.32 Å². The van der Waals surface area contributed by atoms with E-state index in [1.807, 2.05) is 6.07 Å². The molecule has 1 saturated heterocycles. The van der Waals surface area contributed by atoms with Crippen molar-refractivity contribution in [2.75, 3.05) is 6.54 Å². The van der Waals surface area contributed by atoms with Crippen molar-refractivity contribution in [3.8, 4) is 0 Å². The van der Waals surface area contributed by atoms with Crippen molar-refractivity contribution in [2.24, 2.45) is 0 Å². The van der Waals surface area contributed by atoms with Crippen LogP contribution in [0.2, 0.25) is 4.34 Å². The minimum absolute atomic E-state index is 0.236. The van der Waals surface area contributed by atoms with Gasteiger partial charge in [0.1, 0.15) is 0 Å². The minimum Gasteiger partial charge on any atom is -0.370 e. The Balaban J connectivity index is 1.47. The lowest BCUT2D eigenvalue weighted by Gasteiger charge is -2.33. The Kier molecular flexibility index (Phi) is 4.71. The zero-order chi connectivity index (χ0) is 14.0. The maximum atomic E-state index is 6.40. The molecular formula is C16H24ClNOS. The first kappa shape index (κ1) is 14.8.